The Balaban J connectivity index is 2.03. The van der Waals surface area contributed by atoms with Crippen molar-refractivity contribution in [2.45, 2.75) is 39.0 Å². The minimum absolute atomic E-state index is 0.126. The van der Waals surface area contributed by atoms with Crippen LogP contribution < -0.4 is 0 Å². The molecule has 21 heavy (non-hydrogen) atoms. The van der Waals surface area contributed by atoms with Crippen molar-refractivity contribution in [3.63, 3.8) is 0 Å². The van der Waals surface area contributed by atoms with Crippen LogP contribution in [0, 0.1) is 0 Å². The maximum Gasteiger partial charge on any atom is 0.123 e. The Labute approximate surface area is 132 Å². The molecule has 1 aromatic carbocycles. The first-order chi connectivity index (χ1) is 9.86. The Bertz CT molecular complexity index is 562. The molecule has 0 fully saturated rings. The van der Waals surface area contributed by atoms with E-state index in [0.717, 1.165) is 18.0 Å². The van der Waals surface area contributed by atoms with Crippen LogP contribution in [-0.2, 0) is 11.8 Å². The van der Waals surface area contributed by atoms with Gasteiger partial charge in [-0.15, -0.1) is 11.3 Å². The summed E-state index contributed by atoms with van der Waals surface area (Å²) < 4.78 is 0. The molecular weight excluding hydrogens is 276 g/mol. The lowest BCUT2D eigenvalue weighted by atomic mass is 9.93. The second kappa shape index (κ2) is 6.71. The molecule has 0 spiro atoms. The average Bonchev–Trinajstić information content (AvgIpc) is 2.88. The summed E-state index contributed by atoms with van der Waals surface area (Å²) >= 11 is 1.74. The van der Waals surface area contributed by atoms with Gasteiger partial charge in [0.1, 0.15) is 5.01 Å². The zero-order valence-corrected chi connectivity index (χ0v) is 14.6. The molecular formula is C18H26N2S. The Morgan fingerprint density at radius 1 is 1.10 bits per heavy atom. The fourth-order valence-electron chi connectivity index (χ4n) is 2.16. The van der Waals surface area contributed by atoms with Gasteiger partial charge in [0.05, 0.1) is 5.69 Å². The van der Waals surface area contributed by atoms with Gasteiger partial charge in [-0.3, -0.25) is 0 Å². The molecule has 0 N–H and O–H groups in total. The molecule has 0 unspecified atom stereocenters. The molecule has 2 rings (SSSR count). The monoisotopic (exact) mass is 302 g/mol. The predicted molar refractivity (Wildman–Crippen MR) is 93.1 cm³/mol. The fraction of sp³-hybridized carbons (Fsp3) is 0.500. The van der Waals surface area contributed by atoms with Crippen molar-refractivity contribution in [3.05, 3.63) is 40.9 Å². The van der Waals surface area contributed by atoms with Crippen molar-refractivity contribution in [1.29, 1.82) is 0 Å². The largest absolute Gasteiger partial charge is 0.309 e. The number of aromatic nitrogens is 1. The minimum atomic E-state index is 0.126. The van der Waals surface area contributed by atoms with Gasteiger partial charge in [0.15, 0.2) is 0 Å². The Morgan fingerprint density at radius 3 is 2.29 bits per heavy atom. The lowest BCUT2D eigenvalue weighted by Gasteiger charge is -2.14. The predicted octanol–water partition coefficient (Wildman–Crippen LogP) is 4.60. The van der Waals surface area contributed by atoms with Gasteiger partial charge in [0, 0.05) is 16.4 Å². The lowest BCUT2D eigenvalue weighted by Crippen LogP contribution is -2.13. The zero-order valence-electron chi connectivity index (χ0n) is 13.8. The summed E-state index contributed by atoms with van der Waals surface area (Å²) in [5, 5.41) is 3.31. The number of nitrogens with zero attached hydrogens (tertiary/aromatic N) is 2. The molecule has 1 heterocycles. The third-order valence-electron chi connectivity index (χ3n) is 3.54. The highest BCUT2D eigenvalue weighted by Gasteiger charge is 2.17. The third kappa shape index (κ3) is 4.65. The fourth-order valence-corrected chi connectivity index (χ4v) is 3.22. The quantitative estimate of drug-likeness (QED) is 0.802. The standard InChI is InChI=1S/C18H26N2S/c1-18(2,3)16-13-21-17(19-16)15-10-8-14(9-11-15)7-6-12-20(4)5/h8-11,13H,6-7,12H2,1-5H3. The van der Waals surface area contributed by atoms with Crippen molar-refractivity contribution < 1.29 is 0 Å². The molecule has 0 saturated heterocycles. The highest BCUT2D eigenvalue weighted by Crippen LogP contribution is 2.29. The number of benzene rings is 1. The van der Waals surface area contributed by atoms with Gasteiger partial charge < -0.3 is 4.90 Å². The summed E-state index contributed by atoms with van der Waals surface area (Å²) in [5.41, 5.74) is 3.94. The second-order valence-electron chi connectivity index (χ2n) is 6.89. The lowest BCUT2D eigenvalue weighted by molar-refractivity contribution is 0.400. The molecule has 0 bridgehead atoms. The molecule has 3 heteroatoms. The van der Waals surface area contributed by atoms with Crippen LogP contribution in [-0.4, -0.2) is 30.5 Å². The minimum Gasteiger partial charge on any atom is -0.309 e. The summed E-state index contributed by atoms with van der Waals surface area (Å²) in [6, 6.07) is 8.89. The molecule has 0 saturated carbocycles. The number of thiazole rings is 1. The average molecular weight is 302 g/mol. The number of aryl methyl sites for hydroxylation is 1. The molecule has 2 nitrogen and oxygen atoms in total. The van der Waals surface area contributed by atoms with E-state index < -0.39 is 0 Å². The maximum atomic E-state index is 4.78. The van der Waals surface area contributed by atoms with E-state index in [1.807, 2.05) is 0 Å². The highest BCUT2D eigenvalue weighted by molar-refractivity contribution is 7.13. The van der Waals surface area contributed by atoms with Gasteiger partial charge in [-0.2, -0.15) is 0 Å². The molecule has 0 amide bonds. The van der Waals surface area contributed by atoms with Crippen molar-refractivity contribution in [2.24, 2.45) is 0 Å². The van der Waals surface area contributed by atoms with Crippen molar-refractivity contribution in [1.82, 2.24) is 9.88 Å². The van der Waals surface area contributed by atoms with Crippen LogP contribution >= 0.6 is 11.3 Å². The van der Waals surface area contributed by atoms with E-state index in [2.05, 4.69) is 69.4 Å². The first-order valence-corrected chi connectivity index (χ1v) is 8.44. The number of rotatable bonds is 5. The first-order valence-electron chi connectivity index (χ1n) is 7.56. The summed E-state index contributed by atoms with van der Waals surface area (Å²) in [5.74, 6) is 0. The Hall–Kier alpha value is -1.19. The second-order valence-corrected chi connectivity index (χ2v) is 7.75. The first kappa shape index (κ1) is 16.2. The smallest absolute Gasteiger partial charge is 0.123 e. The summed E-state index contributed by atoms with van der Waals surface area (Å²) in [6.07, 6.45) is 2.35. The molecule has 0 aliphatic rings. The van der Waals surface area contributed by atoms with Crippen LogP contribution in [0.3, 0.4) is 0 Å². The van der Waals surface area contributed by atoms with Crippen LogP contribution in [0.4, 0.5) is 0 Å². The van der Waals surface area contributed by atoms with E-state index >= 15 is 0 Å². The zero-order chi connectivity index (χ0) is 15.5. The van der Waals surface area contributed by atoms with E-state index in [0.29, 0.717) is 0 Å². The topological polar surface area (TPSA) is 16.1 Å². The normalized spacial score (nSPS) is 12.1. The van der Waals surface area contributed by atoms with Gasteiger partial charge in [-0.1, -0.05) is 45.0 Å². The van der Waals surface area contributed by atoms with Crippen LogP contribution in [0.25, 0.3) is 10.6 Å². The van der Waals surface area contributed by atoms with E-state index in [1.165, 1.54) is 23.2 Å². The van der Waals surface area contributed by atoms with Crippen LogP contribution in [0.15, 0.2) is 29.6 Å². The molecule has 2 aromatic rings. The number of hydrogen-bond acceptors (Lipinski definition) is 3. The van der Waals surface area contributed by atoms with Gasteiger partial charge >= 0.3 is 0 Å². The maximum absolute atomic E-state index is 4.78. The summed E-state index contributed by atoms with van der Waals surface area (Å²) in [6.45, 7) is 7.77. The van der Waals surface area contributed by atoms with Crippen LogP contribution in [0.1, 0.15) is 38.4 Å². The molecule has 0 aliphatic heterocycles. The SMILES string of the molecule is CN(C)CCCc1ccc(-c2nc(C(C)(C)C)cs2)cc1. The molecule has 1 aromatic heterocycles. The van der Waals surface area contributed by atoms with E-state index in [1.54, 1.807) is 11.3 Å². The van der Waals surface area contributed by atoms with Crippen LogP contribution in [0.2, 0.25) is 0 Å². The van der Waals surface area contributed by atoms with E-state index in [4.69, 9.17) is 4.98 Å². The summed E-state index contributed by atoms with van der Waals surface area (Å²) in [4.78, 5) is 7.01. The van der Waals surface area contributed by atoms with E-state index in [-0.39, 0.29) is 5.41 Å². The van der Waals surface area contributed by atoms with Crippen LogP contribution in [0.5, 0.6) is 0 Å². The van der Waals surface area contributed by atoms with Crippen molar-refractivity contribution in [2.75, 3.05) is 20.6 Å². The van der Waals surface area contributed by atoms with Crippen molar-refractivity contribution >= 4 is 11.3 Å². The van der Waals surface area contributed by atoms with E-state index in [9.17, 15) is 0 Å². The molecule has 0 aliphatic carbocycles. The molecule has 0 atom stereocenters. The highest BCUT2D eigenvalue weighted by atomic mass is 32.1. The molecule has 0 radical (unpaired) electrons. The van der Waals surface area contributed by atoms with Gasteiger partial charge in [-0.05, 0) is 39.0 Å². The van der Waals surface area contributed by atoms with Crippen molar-refractivity contribution in [3.8, 4) is 10.6 Å². The Morgan fingerprint density at radius 2 is 1.76 bits per heavy atom. The molecule has 114 valence electrons. The Kier molecular flexibility index (Phi) is 5.17. The van der Waals surface area contributed by atoms with Gasteiger partial charge in [0.25, 0.3) is 0 Å². The summed E-state index contributed by atoms with van der Waals surface area (Å²) in [7, 11) is 4.25. The third-order valence-corrected chi connectivity index (χ3v) is 4.44. The van der Waals surface area contributed by atoms with Gasteiger partial charge in [-0.25, -0.2) is 4.98 Å². The van der Waals surface area contributed by atoms with Gasteiger partial charge in [0.2, 0.25) is 0 Å². The number of hydrogen-bond donors (Lipinski definition) is 0.